The predicted octanol–water partition coefficient (Wildman–Crippen LogP) is 4.99. The van der Waals surface area contributed by atoms with Crippen LogP contribution in [0.25, 0.3) is 0 Å². The number of rotatable bonds is 5. The van der Waals surface area contributed by atoms with Gasteiger partial charge in [0.15, 0.2) is 9.84 Å². The van der Waals surface area contributed by atoms with Crippen LogP contribution in [0, 0.1) is 5.82 Å². The van der Waals surface area contributed by atoms with Gasteiger partial charge in [-0.05, 0) is 42.7 Å². The summed E-state index contributed by atoms with van der Waals surface area (Å²) in [5.74, 6) is -0.741. The zero-order valence-electron chi connectivity index (χ0n) is 20.0. The van der Waals surface area contributed by atoms with Crippen LogP contribution in [0.5, 0.6) is 0 Å². The molecule has 1 N–H and O–H groups in total. The number of benzene rings is 2. The van der Waals surface area contributed by atoms with Crippen LogP contribution >= 0.6 is 0 Å². The molecule has 1 saturated heterocycles. The van der Waals surface area contributed by atoms with Gasteiger partial charge in [0.1, 0.15) is 10.6 Å². The highest BCUT2D eigenvalue weighted by atomic mass is 32.2. The van der Waals surface area contributed by atoms with Crippen LogP contribution in [-0.2, 0) is 25.0 Å². The molecule has 2 aromatic carbocycles. The maximum Gasteiger partial charge on any atom is 0.435 e. The van der Waals surface area contributed by atoms with E-state index in [0.717, 1.165) is 24.3 Å². The lowest BCUT2D eigenvalue weighted by molar-refractivity contribution is -0.348. The second-order valence-corrected chi connectivity index (χ2v) is 11.6. The first kappa shape index (κ1) is 29.1. The summed E-state index contributed by atoms with van der Waals surface area (Å²) in [6.45, 7) is 1.20. The van der Waals surface area contributed by atoms with Crippen LogP contribution in [0.1, 0.15) is 24.0 Å². The molecular weight excluding hydrogens is 564 g/mol. The number of nitrogens with zero attached hydrogens (tertiary/aromatic N) is 1. The summed E-state index contributed by atoms with van der Waals surface area (Å²) < 4.78 is 138. The van der Waals surface area contributed by atoms with Crippen LogP contribution in [-0.4, -0.2) is 64.0 Å². The molecule has 2 fully saturated rings. The van der Waals surface area contributed by atoms with Gasteiger partial charge in [-0.1, -0.05) is 24.3 Å². The molecule has 1 aliphatic carbocycles. The van der Waals surface area contributed by atoms with Crippen molar-refractivity contribution in [2.45, 2.75) is 46.5 Å². The Balaban J connectivity index is 1.70. The molecule has 0 atom stereocenters. The van der Waals surface area contributed by atoms with Crippen molar-refractivity contribution in [1.29, 1.82) is 0 Å². The predicted molar refractivity (Wildman–Crippen MR) is 121 cm³/mol. The molecule has 0 bridgehead atoms. The molecule has 2 aromatic rings. The van der Waals surface area contributed by atoms with Crippen LogP contribution in [0.4, 0.5) is 39.9 Å². The van der Waals surface area contributed by atoms with Gasteiger partial charge in [0.25, 0.3) is 0 Å². The van der Waals surface area contributed by atoms with Crippen molar-refractivity contribution in [2.24, 2.45) is 0 Å². The van der Waals surface area contributed by atoms with E-state index >= 15 is 0 Å². The molecular formula is C24H22F8N2O4S. The number of urea groups is 1. The summed E-state index contributed by atoms with van der Waals surface area (Å²) >= 11 is 0. The van der Waals surface area contributed by atoms with E-state index in [1.54, 1.807) is 0 Å². The normalized spacial score (nSPS) is 22.8. The van der Waals surface area contributed by atoms with Crippen molar-refractivity contribution in [2.75, 3.05) is 26.3 Å². The maximum atomic E-state index is 14.5. The molecule has 15 heteroatoms. The number of alkyl halides is 7. The van der Waals surface area contributed by atoms with Gasteiger partial charge in [-0.25, -0.2) is 22.0 Å². The average Bonchev–Trinajstić information content (AvgIpc) is 2.84. The summed E-state index contributed by atoms with van der Waals surface area (Å²) in [5, 5.41) is 2.67. The first-order chi connectivity index (χ1) is 18.0. The Hall–Kier alpha value is -2.94. The van der Waals surface area contributed by atoms with Gasteiger partial charge in [0.2, 0.25) is 0 Å². The van der Waals surface area contributed by atoms with Gasteiger partial charge >= 0.3 is 24.1 Å². The van der Waals surface area contributed by atoms with E-state index in [1.807, 2.05) is 0 Å². The zero-order chi connectivity index (χ0) is 28.9. The number of morpholine rings is 1. The van der Waals surface area contributed by atoms with Gasteiger partial charge in [0, 0.05) is 24.7 Å². The number of amides is 2. The van der Waals surface area contributed by atoms with Crippen LogP contribution < -0.4 is 5.32 Å². The Kier molecular flexibility index (Phi) is 7.38. The fraction of sp³-hybridized carbons (Fsp3) is 0.458. The highest BCUT2D eigenvalue weighted by molar-refractivity contribution is 7.92. The molecule has 1 aliphatic heterocycles. The van der Waals surface area contributed by atoms with Crippen molar-refractivity contribution in [3.63, 3.8) is 0 Å². The number of hydrogen-bond acceptors (Lipinski definition) is 4. The van der Waals surface area contributed by atoms with Gasteiger partial charge in [-0.3, -0.25) is 0 Å². The molecule has 2 aliphatic rings. The van der Waals surface area contributed by atoms with E-state index < -0.39 is 56.1 Å². The second-order valence-electron chi connectivity index (χ2n) is 9.34. The van der Waals surface area contributed by atoms with E-state index in [-0.39, 0.29) is 35.4 Å². The quantitative estimate of drug-likeness (QED) is 0.396. The van der Waals surface area contributed by atoms with E-state index in [0.29, 0.717) is 38.4 Å². The third-order valence-electron chi connectivity index (χ3n) is 7.01. The van der Waals surface area contributed by atoms with Crippen molar-refractivity contribution in [3.05, 3.63) is 65.5 Å². The average molecular weight is 587 g/mol. The Morgan fingerprint density at radius 1 is 0.872 bits per heavy atom. The fourth-order valence-corrected chi connectivity index (χ4v) is 7.05. The third kappa shape index (κ3) is 4.94. The molecule has 0 aromatic heterocycles. The smallest absolute Gasteiger partial charge is 0.378 e. The lowest BCUT2D eigenvalue weighted by Crippen LogP contribution is -2.59. The van der Waals surface area contributed by atoms with Crippen LogP contribution in [0.2, 0.25) is 0 Å². The number of ether oxygens (including phenoxy) is 1. The number of carbonyl (C=O) groups excluding carboxylic acids is 1. The first-order valence-corrected chi connectivity index (χ1v) is 13.1. The summed E-state index contributed by atoms with van der Waals surface area (Å²) in [5.41, 5.74) is -7.66. The molecule has 214 valence electrons. The minimum Gasteiger partial charge on any atom is -0.378 e. The number of carbonyl (C=O) groups is 1. The number of sulfone groups is 1. The van der Waals surface area contributed by atoms with Crippen molar-refractivity contribution in [1.82, 2.24) is 10.2 Å². The maximum absolute atomic E-state index is 14.5. The second kappa shape index (κ2) is 9.91. The van der Waals surface area contributed by atoms with Gasteiger partial charge < -0.3 is 15.0 Å². The van der Waals surface area contributed by atoms with Crippen molar-refractivity contribution in [3.8, 4) is 0 Å². The Morgan fingerprint density at radius 3 is 1.87 bits per heavy atom. The van der Waals surface area contributed by atoms with Gasteiger partial charge in [-0.2, -0.15) is 26.3 Å². The molecule has 6 nitrogen and oxygen atoms in total. The summed E-state index contributed by atoms with van der Waals surface area (Å²) in [7, 11) is -4.42. The SMILES string of the molecule is O=C(N[C@H]1C[C@@](c2ccc(C(F)(C(F)(F)F)C(F)(F)F)cc2)(S(=O)(=O)c2ccc(F)cc2)C1)N1CCOCC1. The Morgan fingerprint density at radius 2 is 1.38 bits per heavy atom. The molecule has 0 unspecified atom stereocenters. The first-order valence-electron chi connectivity index (χ1n) is 11.6. The molecule has 0 spiro atoms. The minimum absolute atomic E-state index is 0.209. The molecule has 4 rings (SSSR count). The molecule has 1 heterocycles. The minimum atomic E-state index is -6.34. The van der Waals surface area contributed by atoms with Crippen LogP contribution in [0.3, 0.4) is 0 Å². The van der Waals surface area contributed by atoms with Gasteiger partial charge in [-0.15, -0.1) is 0 Å². The summed E-state index contributed by atoms with van der Waals surface area (Å²) in [6.07, 6.45) is -13.3. The molecule has 0 radical (unpaired) electrons. The fourth-order valence-electron chi connectivity index (χ4n) is 4.81. The van der Waals surface area contributed by atoms with Crippen molar-refractivity contribution < 1.29 is 53.1 Å². The topological polar surface area (TPSA) is 75.7 Å². The lowest BCUT2D eigenvalue weighted by Gasteiger charge is -2.48. The monoisotopic (exact) mass is 586 g/mol. The van der Waals surface area contributed by atoms with E-state index in [2.05, 4.69) is 5.32 Å². The zero-order valence-corrected chi connectivity index (χ0v) is 20.8. The highest BCUT2D eigenvalue weighted by Gasteiger charge is 2.73. The van der Waals surface area contributed by atoms with Crippen LogP contribution in [0.15, 0.2) is 53.4 Å². The summed E-state index contributed by atoms with van der Waals surface area (Å²) in [4.78, 5) is 13.7. The van der Waals surface area contributed by atoms with Gasteiger partial charge in [0.05, 0.1) is 18.1 Å². The Bertz CT molecular complexity index is 1290. The number of nitrogens with one attached hydrogen (secondary N) is 1. The highest BCUT2D eigenvalue weighted by Crippen LogP contribution is 2.55. The number of halogens is 8. The van der Waals surface area contributed by atoms with E-state index in [9.17, 15) is 48.3 Å². The Labute approximate surface area is 217 Å². The molecule has 1 saturated carbocycles. The lowest BCUT2D eigenvalue weighted by atomic mass is 9.74. The summed E-state index contributed by atoms with van der Waals surface area (Å²) in [6, 6.07) is 4.37. The molecule has 39 heavy (non-hydrogen) atoms. The third-order valence-corrected chi connectivity index (χ3v) is 9.50. The van der Waals surface area contributed by atoms with E-state index in [1.165, 1.54) is 4.90 Å². The largest absolute Gasteiger partial charge is 0.435 e. The van der Waals surface area contributed by atoms with E-state index in [4.69, 9.17) is 4.74 Å². The number of hydrogen-bond donors (Lipinski definition) is 1. The standard InChI is InChI=1S/C24H22F8N2O4S/c25-17-5-7-19(8-6-17)39(36,37)21(13-18(14-21)33-20(35)34-9-11-38-12-10-34)15-1-3-16(4-2-15)22(26,23(27,28)29)24(30,31)32/h1-8,18H,9-14H2,(H,33,35)/t18-,21+. The molecule has 2 amide bonds. The van der Waals surface area contributed by atoms with Crippen molar-refractivity contribution >= 4 is 15.9 Å².